The maximum Gasteiger partial charge on any atom is 0.261 e. The number of thiazole rings is 1. The molecule has 2 aromatic rings. The highest BCUT2D eigenvalue weighted by Crippen LogP contribution is 2.25. The molecule has 2 aromatic heterocycles. The van der Waals surface area contributed by atoms with Gasteiger partial charge in [0.2, 0.25) is 0 Å². The fourth-order valence-corrected chi connectivity index (χ4v) is 4.35. The summed E-state index contributed by atoms with van der Waals surface area (Å²) in [7, 11) is 0. The van der Waals surface area contributed by atoms with Crippen LogP contribution in [-0.4, -0.2) is 10.9 Å². The number of nitrogens with zero attached hydrogens (tertiary/aromatic N) is 1. The quantitative estimate of drug-likeness (QED) is 0.791. The van der Waals surface area contributed by atoms with Crippen molar-refractivity contribution in [2.45, 2.75) is 59.4 Å². The number of aromatic nitrogens is 1. The minimum absolute atomic E-state index is 0.0150. The van der Waals surface area contributed by atoms with Crippen molar-refractivity contribution in [1.82, 2.24) is 10.3 Å². The largest absolute Gasteiger partial charge is 0.346 e. The van der Waals surface area contributed by atoms with Crippen LogP contribution in [0.3, 0.4) is 0 Å². The minimum atomic E-state index is 0.0150. The third kappa shape index (κ3) is 4.17. The van der Waals surface area contributed by atoms with Crippen molar-refractivity contribution in [2.24, 2.45) is 0 Å². The molecule has 22 heavy (non-hydrogen) atoms. The van der Waals surface area contributed by atoms with E-state index in [0.29, 0.717) is 12.5 Å². The summed E-state index contributed by atoms with van der Waals surface area (Å²) in [5, 5.41) is 6.15. The van der Waals surface area contributed by atoms with Crippen LogP contribution in [0, 0.1) is 0 Å². The van der Waals surface area contributed by atoms with E-state index in [9.17, 15) is 4.79 Å². The molecule has 5 heteroatoms. The molecule has 0 spiro atoms. The first-order valence-electron chi connectivity index (χ1n) is 7.89. The second-order valence-electron chi connectivity index (χ2n) is 5.68. The Hall–Kier alpha value is -1.20. The SMILES string of the molecule is CCCc1sc(C(=O)NCc2csc(C(C)C)n2)cc1CC. The zero-order valence-corrected chi connectivity index (χ0v) is 15.4. The maximum absolute atomic E-state index is 12.3. The summed E-state index contributed by atoms with van der Waals surface area (Å²) in [6.07, 6.45) is 3.17. The van der Waals surface area contributed by atoms with Crippen molar-refractivity contribution >= 4 is 28.6 Å². The molecule has 2 heterocycles. The number of carbonyl (C=O) groups excluding carboxylic acids is 1. The van der Waals surface area contributed by atoms with Crippen molar-refractivity contribution in [3.05, 3.63) is 37.5 Å². The van der Waals surface area contributed by atoms with E-state index in [4.69, 9.17) is 0 Å². The van der Waals surface area contributed by atoms with E-state index in [0.717, 1.165) is 34.8 Å². The maximum atomic E-state index is 12.3. The Kier molecular flexibility index (Phi) is 6.15. The van der Waals surface area contributed by atoms with Gasteiger partial charge >= 0.3 is 0 Å². The molecule has 1 amide bonds. The van der Waals surface area contributed by atoms with Gasteiger partial charge in [-0.3, -0.25) is 4.79 Å². The summed E-state index contributed by atoms with van der Waals surface area (Å²) in [5.41, 5.74) is 2.26. The Morgan fingerprint density at radius 1 is 1.36 bits per heavy atom. The van der Waals surface area contributed by atoms with Gasteiger partial charge in [-0.25, -0.2) is 4.98 Å². The molecule has 0 unspecified atom stereocenters. The monoisotopic (exact) mass is 336 g/mol. The van der Waals surface area contributed by atoms with E-state index in [1.54, 1.807) is 22.7 Å². The smallest absolute Gasteiger partial charge is 0.261 e. The first kappa shape index (κ1) is 17.2. The number of thiophene rings is 1. The van der Waals surface area contributed by atoms with Crippen LogP contribution in [0.5, 0.6) is 0 Å². The van der Waals surface area contributed by atoms with Gasteiger partial charge in [0.25, 0.3) is 5.91 Å². The second kappa shape index (κ2) is 7.88. The molecule has 0 fully saturated rings. The van der Waals surface area contributed by atoms with E-state index in [-0.39, 0.29) is 5.91 Å². The third-order valence-corrected chi connectivity index (χ3v) is 5.90. The van der Waals surface area contributed by atoms with Crippen LogP contribution >= 0.6 is 22.7 Å². The highest BCUT2D eigenvalue weighted by atomic mass is 32.1. The highest BCUT2D eigenvalue weighted by molar-refractivity contribution is 7.14. The topological polar surface area (TPSA) is 42.0 Å². The van der Waals surface area contributed by atoms with Crippen LogP contribution < -0.4 is 5.32 Å². The first-order chi connectivity index (χ1) is 10.5. The molecule has 120 valence electrons. The molecule has 0 radical (unpaired) electrons. The van der Waals surface area contributed by atoms with Crippen molar-refractivity contribution < 1.29 is 4.79 Å². The lowest BCUT2D eigenvalue weighted by Gasteiger charge is -2.01. The summed E-state index contributed by atoms with van der Waals surface area (Å²) >= 11 is 3.29. The van der Waals surface area contributed by atoms with E-state index in [1.165, 1.54) is 10.4 Å². The van der Waals surface area contributed by atoms with E-state index in [1.807, 2.05) is 11.4 Å². The molecule has 0 aliphatic heterocycles. The van der Waals surface area contributed by atoms with Crippen LogP contribution in [-0.2, 0) is 19.4 Å². The molecular formula is C17H24N2OS2. The average molecular weight is 337 g/mol. The average Bonchev–Trinajstić information content (AvgIpc) is 3.12. The predicted octanol–water partition coefficient (Wildman–Crippen LogP) is 4.77. The van der Waals surface area contributed by atoms with Gasteiger partial charge in [0.1, 0.15) is 0 Å². The van der Waals surface area contributed by atoms with Crippen molar-refractivity contribution in [3.63, 3.8) is 0 Å². The van der Waals surface area contributed by atoms with Gasteiger partial charge in [0, 0.05) is 16.2 Å². The Labute approximate surface area is 140 Å². The molecule has 0 saturated heterocycles. The van der Waals surface area contributed by atoms with Crippen LogP contribution in [0.2, 0.25) is 0 Å². The summed E-state index contributed by atoms with van der Waals surface area (Å²) in [5.74, 6) is 0.455. The lowest BCUT2D eigenvalue weighted by Crippen LogP contribution is -2.22. The molecular weight excluding hydrogens is 312 g/mol. The molecule has 0 bridgehead atoms. The molecule has 3 nitrogen and oxygen atoms in total. The van der Waals surface area contributed by atoms with E-state index >= 15 is 0 Å². The Morgan fingerprint density at radius 3 is 2.73 bits per heavy atom. The van der Waals surface area contributed by atoms with Gasteiger partial charge in [-0.15, -0.1) is 22.7 Å². The van der Waals surface area contributed by atoms with Crippen LogP contribution in [0.1, 0.15) is 70.8 Å². The third-order valence-electron chi connectivity index (χ3n) is 3.47. The van der Waals surface area contributed by atoms with Crippen molar-refractivity contribution in [1.29, 1.82) is 0 Å². The summed E-state index contributed by atoms with van der Waals surface area (Å²) in [6, 6.07) is 2.05. The standard InChI is InChI=1S/C17H24N2OS2/c1-5-7-14-12(6-2)8-15(22-14)16(20)18-9-13-10-21-17(19-13)11(3)4/h8,10-11H,5-7,9H2,1-4H3,(H,18,20). The predicted molar refractivity (Wildman–Crippen MR) is 95.1 cm³/mol. The number of rotatable bonds is 7. The van der Waals surface area contributed by atoms with Crippen LogP contribution in [0.15, 0.2) is 11.4 Å². The van der Waals surface area contributed by atoms with Gasteiger partial charge in [0.15, 0.2) is 0 Å². The number of hydrogen-bond acceptors (Lipinski definition) is 4. The Morgan fingerprint density at radius 2 is 2.14 bits per heavy atom. The number of hydrogen-bond donors (Lipinski definition) is 1. The molecule has 0 aromatic carbocycles. The van der Waals surface area contributed by atoms with Gasteiger partial charge in [-0.2, -0.15) is 0 Å². The van der Waals surface area contributed by atoms with Crippen LogP contribution in [0.25, 0.3) is 0 Å². The second-order valence-corrected chi connectivity index (χ2v) is 7.70. The van der Waals surface area contributed by atoms with Gasteiger partial charge in [-0.05, 0) is 24.5 Å². The summed E-state index contributed by atoms with van der Waals surface area (Å²) in [6.45, 7) is 9.09. The number of nitrogens with one attached hydrogen (secondary N) is 1. The van der Waals surface area contributed by atoms with Crippen molar-refractivity contribution in [3.8, 4) is 0 Å². The number of carbonyl (C=O) groups is 1. The Bertz CT molecular complexity index is 628. The Balaban J connectivity index is 1.99. The van der Waals surface area contributed by atoms with Gasteiger partial charge < -0.3 is 5.32 Å². The highest BCUT2D eigenvalue weighted by Gasteiger charge is 2.14. The summed E-state index contributed by atoms with van der Waals surface area (Å²) in [4.78, 5) is 19.0. The molecule has 0 aliphatic rings. The zero-order valence-electron chi connectivity index (χ0n) is 13.7. The number of aryl methyl sites for hydroxylation is 2. The van der Waals surface area contributed by atoms with E-state index in [2.05, 4.69) is 38.0 Å². The minimum Gasteiger partial charge on any atom is -0.346 e. The molecule has 0 aliphatic carbocycles. The fraction of sp³-hybridized carbons (Fsp3) is 0.529. The van der Waals surface area contributed by atoms with Crippen molar-refractivity contribution in [2.75, 3.05) is 0 Å². The lowest BCUT2D eigenvalue weighted by molar-refractivity contribution is 0.0954. The van der Waals surface area contributed by atoms with Gasteiger partial charge in [0.05, 0.1) is 22.1 Å². The zero-order chi connectivity index (χ0) is 16.1. The normalized spacial score (nSPS) is 11.1. The molecule has 2 rings (SSSR count). The number of amides is 1. The molecule has 0 atom stereocenters. The van der Waals surface area contributed by atoms with E-state index < -0.39 is 0 Å². The van der Waals surface area contributed by atoms with Crippen LogP contribution in [0.4, 0.5) is 0 Å². The van der Waals surface area contributed by atoms with Gasteiger partial charge in [-0.1, -0.05) is 34.1 Å². The molecule has 1 N–H and O–H groups in total. The lowest BCUT2D eigenvalue weighted by atomic mass is 10.1. The fourth-order valence-electron chi connectivity index (χ4n) is 2.24. The molecule has 0 saturated carbocycles. The summed E-state index contributed by atoms with van der Waals surface area (Å²) < 4.78 is 0. The first-order valence-corrected chi connectivity index (χ1v) is 9.58.